The molecule has 0 aliphatic heterocycles. The topological polar surface area (TPSA) is 69.6 Å². The molecule has 108 valence electrons. The second-order valence-corrected chi connectivity index (χ2v) is 4.96. The highest BCUT2D eigenvalue weighted by Gasteiger charge is 2.32. The predicted octanol–water partition coefficient (Wildman–Crippen LogP) is 2.61. The third-order valence-electron chi connectivity index (χ3n) is 3.25. The number of hydrogen-bond acceptors (Lipinski definition) is 2. The quantitative estimate of drug-likeness (QED) is 0.871. The number of halogens is 1. The van der Waals surface area contributed by atoms with Crippen molar-refractivity contribution in [3.63, 3.8) is 0 Å². The van der Waals surface area contributed by atoms with Crippen molar-refractivity contribution in [2.45, 2.75) is 32.2 Å². The summed E-state index contributed by atoms with van der Waals surface area (Å²) in [5, 5.41) is 11.4. The number of carbonyl (C=O) groups is 2. The van der Waals surface area contributed by atoms with E-state index in [0.717, 1.165) is 12.8 Å². The summed E-state index contributed by atoms with van der Waals surface area (Å²) in [5.74, 6) is -1.29. The van der Waals surface area contributed by atoms with E-state index in [4.69, 9.17) is 5.11 Å². The molecule has 0 spiro atoms. The average Bonchev–Trinajstić information content (AvgIpc) is 3.17. The van der Waals surface area contributed by atoms with Gasteiger partial charge in [-0.15, -0.1) is 0 Å². The van der Waals surface area contributed by atoms with Gasteiger partial charge in [0, 0.05) is 18.3 Å². The SMILES string of the molecule is Cc1cc(F)ccc1NC(=O)N(CCC(=O)O)C1CC1. The molecule has 0 atom stereocenters. The van der Waals surface area contributed by atoms with Crippen molar-refractivity contribution in [2.75, 3.05) is 11.9 Å². The standard InChI is InChI=1S/C14H17FN2O3/c1-9-8-10(15)2-5-12(9)16-14(20)17(11-3-4-11)7-6-13(18)19/h2,5,8,11H,3-4,6-7H2,1H3,(H,16,20)(H,18,19). The van der Waals surface area contributed by atoms with Crippen molar-refractivity contribution >= 4 is 17.7 Å². The van der Waals surface area contributed by atoms with Gasteiger partial charge in [-0.3, -0.25) is 4.79 Å². The van der Waals surface area contributed by atoms with Crippen molar-refractivity contribution in [3.8, 4) is 0 Å². The first-order valence-corrected chi connectivity index (χ1v) is 6.53. The number of carboxylic acid groups (broad SMARTS) is 1. The molecule has 1 aromatic rings. The van der Waals surface area contributed by atoms with E-state index in [9.17, 15) is 14.0 Å². The lowest BCUT2D eigenvalue weighted by molar-refractivity contribution is -0.137. The van der Waals surface area contributed by atoms with Gasteiger partial charge in [-0.25, -0.2) is 9.18 Å². The maximum Gasteiger partial charge on any atom is 0.322 e. The van der Waals surface area contributed by atoms with Crippen molar-refractivity contribution in [1.82, 2.24) is 4.90 Å². The Kier molecular flexibility index (Phi) is 4.22. The lowest BCUT2D eigenvalue weighted by Gasteiger charge is -2.22. The summed E-state index contributed by atoms with van der Waals surface area (Å²) in [5.41, 5.74) is 1.17. The molecule has 2 N–H and O–H groups in total. The second-order valence-electron chi connectivity index (χ2n) is 4.96. The maximum absolute atomic E-state index is 13.0. The fourth-order valence-electron chi connectivity index (χ4n) is 2.01. The molecule has 0 heterocycles. The van der Waals surface area contributed by atoms with Gasteiger partial charge in [0.25, 0.3) is 0 Å². The van der Waals surface area contributed by atoms with Crippen LogP contribution >= 0.6 is 0 Å². The van der Waals surface area contributed by atoms with Crippen LogP contribution in [0.15, 0.2) is 18.2 Å². The summed E-state index contributed by atoms with van der Waals surface area (Å²) in [6.07, 6.45) is 1.72. The summed E-state index contributed by atoms with van der Waals surface area (Å²) in [4.78, 5) is 24.3. The van der Waals surface area contributed by atoms with E-state index < -0.39 is 5.97 Å². The zero-order valence-corrected chi connectivity index (χ0v) is 11.2. The largest absolute Gasteiger partial charge is 0.481 e. The molecular formula is C14H17FN2O3. The van der Waals surface area contributed by atoms with Gasteiger partial charge in [-0.2, -0.15) is 0 Å². The van der Waals surface area contributed by atoms with Crippen LogP contribution < -0.4 is 5.32 Å². The molecule has 0 radical (unpaired) electrons. The molecule has 0 unspecified atom stereocenters. The second kappa shape index (κ2) is 5.90. The zero-order chi connectivity index (χ0) is 14.7. The van der Waals surface area contributed by atoms with Crippen LogP contribution in [0.25, 0.3) is 0 Å². The van der Waals surface area contributed by atoms with E-state index in [1.54, 1.807) is 6.92 Å². The lowest BCUT2D eigenvalue weighted by Crippen LogP contribution is -2.38. The Labute approximate surface area is 116 Å². The van der Waals surface area contributed by atoms with Crippen LogP contribution in [0.4, 0.5) is 14.9 Å². The Balaban J connectivity index is 2.02. The number of amides is 2. The van der Waals surface area contributed by atoms with Crippen molar-refractivity contribution in [3.05, 3.63) is 29.6 Å². The Morgan fingerprint density at radius 3 is 2.70 bits per heavy atom. The number of urea groups is 1. The molecule has 0 saturated heterocycles. The van der Waals surface area contributed by atoms with Gasteiger partial charge in [0.05, 0.1) is 6.42 Å². The Bertz CT molecular complexity index is 529. The fourth-order valence-corrected chi connectivity index (χ4v) is 2.01. The van der Waals surface area contributed by atoms with Crippen molar-refractivity contribution in [1.29, 1.82) is 0 Å². The number of hydrogen-bond donors (Lipinski definition) is 2. The fraction of sp³-hybridized carbons (Fsp3) is 0.429. The van der Waals surface area contributed by atoms with E-state index in [2.05, 4.69) is 5.32 Å². The number of aliphatic carboxylic acids is 1. The minimum atomic E-state index is -0.929. The molecule has 1 aliphatic rings. The summed E-state index contributed by atoms with van der Waals surface area (Å²) in [7, 11) is 0. The number of aryl methyl sites for hydroxylation is 1. The molecule has 1 aromatic carbocycles. The molecule has 5 nitrogen and oxygen atoms in total. The minimum absolute atomic E-state index is 0.0771. The van der Waals surface area contributed by atoms with Crippen LogP contribution in [-0.2, 0) is 4.79 Å². The first kappa shape index (κ1) is 14.3. The van der Waals surface area contributed by atoms with Crippen LogP contribution in [0.2, 0.25) is 0 Å². The molecule has 2 amide bonds. The van der Waals surface area contributed by atoms with Crippen LogP contribution in [0.3, 0.4) is 0 Å². The number of benzene rings is 1. The number of rotatable bonds is 5. The minimum Gasteiger partial charge on any atom is -0.481 e. The highest BCUT2D eigenvalue weighted by Crippen LogP contribution is 2.28. The number of anilines is 1. The molecule has 1 saturated carbocycles. The monoisotopic (exact) mass is 280 g/mol. The van der Waals surface area contributed by atoms with Gasteiger partial charge in [0.15, 0.2) is 0 Å². The van der Waals surface area contributed by atoms with E-state index in [0.29, 0.717) is 11.3 Å². The normalized spacial score (nSPS) is 13.9. The van der Waals surface area contributed by atoms with Gasteiger partial charge in [0.1, 0.15) is 5.82 Å². The lowest BCUT2D eigenvalue weighted by atomic mass is 10.2. The maximum atomic E-state index is 13.0. The molecule has 1 fully saturated rings. The van der Waals surface area contributed by atoms with E-state index in [1.165, 1.54) is 23.1 Å². The van der Waals surface area contributed by atoms with Crippen molar-refractivity contribution < 1.29 is 19.1 Å². The van der Waals surface area contributed by atoms with Gasteiger partial charge in [-0.05, 0) is 43.5 Å². The molecular weight excluding hydrogens is 263 g/mol. The third kappa shape index (κ3) is 3.69. The highest BCUT2D eigenvalue weighted by atomic mass is 19.1. The Hall–Kier alpha value is -2.11. The van der Waals surface area contributed by atoms with E-state index >= 15 is 0 Å². The summed E-state index contributed by atoms with van der Waals surface area (Å²) < 4.78 is 13.0. The predicted molar refractivity (Wildman–Crippen MR) is 72.1 cm³/mol. The van der Waals surface area contributed by atoms with Gasteiger partial charge in [-0.1, -0.05) is 0 Å². The zero-order valence-electron chi connectivity index (χ0n) is 11.2. The molecule has 20 heavy (non-hydrogen) atoms. The Morgan fingerprint density at radius 2 is 2.15 bits per heavy atom. The summed E-state index contributed by atoms with van der Waals surface area (Å²) in [6.45, 7) is 1.89. The van der Waals surface area contributed by atoms with Gasteiger partial charge < -0.3 is 15.3 Å². The number of carbonyl (C=O) groups excluding carboxylic acids is 1. The first-order valence-electron chi connectivity index (χ1n) is 6.53. The molecule has 0 aromatic heterocycles. The third-order valence-corrected chi connectivity index (χ3v) is 3.25. The first-order chi connectivity index (χ1) is 9.47. The summed E-state index contributed by atoms with van der Waals surface area (Å²) in [6, 6.07) is 3.92. The van der Waals surface area contributed by atoms with Gasteiger partial charge in [0.2, 0.25) is 0 Å². The number of nitrogens with zero attached hydrogens (tertiary/aromatic N) is 1. The molecule has 0 bridgehead atoms. The molecule has 2 rings (SSSR count). The van der Waals surface area contributed by atoms with Crippen LogP contribution in [-0.4, -0.2) is 34.6 Å². The Morgan fingerprint density at radius 1 is 1.45 bits per heavy atom. The average molecular weight is 280 g/mol. The van der Waals surface area contributed by atoms with Crippen molar-refractivity contribution in [2.24, 2.45) is 0 Å². The van der Waals surface area contributed by atoms with E-state index in [-0.39, 0.29) is 30.9 Å². The smallest absolute Gasteiger partial charge is 0.322 e. The van der Waals surface area contributed by atoms with Gasteiger partial charge >= 0.3 is 12.0 Å². The number of carboxylic acids is 1. The van der Waals surface area contributed by atoms with Crippen LogP contribution in [0.1, 0.15) is 24.8 Å². The summed E-state index contributed by atoms with van der Waals surface area (Å²) >= 11 is 0. The molecule has 1 aliphatic carbocycles. The number of nitrogens with one attached hydrogen (secondary N) is 1. The van der Waals surface area contributed by atoms with E-state index in [1.807, 2.05) is 0 Å². The highest BCUT2D eigenvalue weighted by molar-refractivity contribution is 5.90. The van der Waals surface area contributed by atoms with Crippen LogP contribution in [0.5, 0.6) is 0 Å². The van der Waals surface area contributed by atoms with Crippen LogP contribution in [0, 0.1) is 12.7 Å². The molecule has 6 heteroatoms.